The highest BCUT2D eigenvalue weighted by Crippen LogP contribution is 2.30. The van der Waals surface area contributed by atoms with Crippen molar-refractivity contribution in [1.82, 2.24) is 5.32 Å². The highest BCUT2D eigenvalue weighted by atomic mass is 16.5. The van der Waals surface area contributed by atoms with Crippen molar-refractivity contribution in [3.8, 4) is 5.75 Å². The molecule has 0 aliphatic carbocycles. The second kappa shape index (κ2) is 3.81. The Hall–Kier alpha value is -1.51. The molecule has 2 aliphatic heterocycles. The third kappa shape index (κ3) is 1.56. The highest BCUT2D eigenvalue weighted by Gasteiger charge is 2.17. The summed E-state index contributed by atoms with van der Waals surface area (Å²) >= 11 is 0. The van der Waals surface area contributed by atoms with Crippen LogP contribution < -0.4 is 10.1 Å². The molecule has 0 spiro atoms. The number of amidine groups is 1. The minimum atomic E-state index is 0.832. The first kappa shape index (κ1) is 9.70. The molecule has 1 aromatic carbocycles. The van der Waals surface area contributed by atoms with Crippen molar-refractivity contribution in [1.29, 1.82) is 0 Å². The Morgan fingerprint density at radius 2 is 2.38 bits per heavy atom. The number of rotatable bonds is 2. The predicted molar refractivity (Wildman–Crippen MR) is 64.4 cm³/mol. The number of aliphatic imine (C=N–C) groups is 1. The van der Waals surface area contributed by atoms with Gasteiger partial charge in [-0.25, -0.2) is 0 Å². The average Bonchev–Trinajstić information content (AvgIpc) is 2.93. The van der Waals surface area contributed by atoms with Gasteiger partial charge in [-0.05, 0) is 24.1 Å². The minimum Gasteiger partial charge on any atom is -0.493 e. The lowest BCUT2D eigenvalue weighted by Crippen LogP contribution is -2.21. The van der Waals surface area contributed by atoms with Gasteiger partial charge in [-0.15, -0.1) is 0 Å². The molecule has 0 radical (unpaired) electrons. The summed E-state index contributed by atoms with van der Waals surface area (Å²) in [4.78, 5) is 4.44. The zero-order valence-electron chi connectivity index (χ0n) is 9.55. The number of hydrogen-bond donors (Lipinski definition) is 1. The van der Waals surface area contributed by atoms with Gasteiger partial charge < -0.3 is 10.1 Å². The van der Waals surface area contributed by atoms with E-state index >= 15 is 0 Å². The summed E-state index contributed by atoms with van der Waals surface area (Å²) in [5.74, 6) is 2.20. The van der Waals surface area contributed by atoms with Crippen LogP contribution in [0.1, 0.15) is 16.7 Å². The Bertz CT molecular complexity index is 451. The monoisotopic (exact) mass is 216 g/mol. The van der Waals surface area contributed by atoms with Crippen molar-refractivity contribution in [3.05, 3.63) is 28.8 Å². The Morgan fingerprint density at radius 1 is 1.44 bits per heavy atom. The van der Waals surface area contributed by atoms with Gasteiger partial charge in [0.2, 0.25) is 0 Å². The van der Waals surface area contributed by atoms with Gasteiger partial charge in [-0.2, -0.15) is 0 Å². The van der Waals surface area contributed by atoms with E-state index in [9.17, 15) is 0 Å². The molecule has 2 heterocycles. The predicted octanol–water partition coefficient (Wildman–Crippen LogP) is 1.47. The van der Waals surface area contributed by atoms with Crippen molar-refractivity contribution in [2.75, 3.05) is 19.7 Å². The van der Waals surface area contributed by atoms with Gasteiger partial charge in [0.05, 0.1) is 13.2 Å². The molecule has 2 aliphatic rings. The number of fused-ring (bicyclic) bond motifs is 1. The molecule has 0 unspecified atom stereocenters. The summed E-state index contributed by atoms with van der Waals surface area (Å²) in [6.45, 7) is 4.93. The van der Waals surface area contributed by atoms with Crippen molar-refractivity contribution in [2.24, 2.45) is 4.99 Å². The molecule has 1 N–H and O–H groups in total. The van der Waals surface area contributed by atoms with Crippen LogP contribution in [-0.2, 0) is 12.8 Å². The van der Waals surface area contributed by atoms with E-state index < -0.39 is 0 Å². The van der Waals surface area contributed by atoms with E-state index in [0.717, 1.165) is 44.1 Å². The van der Waals surface area contributed by atoms with Crippen molar-refractivity contribution in [2.45, 2.75) is 19.8 Å². The van der Waals surface area contributed by atoms with Crippen molar-refractivity contribution in [3.63, 3.8) is 0 Å². The van der Waals surface area contributed by atoms with Crippen molar-refractivity contribution < 1.29 is 4.74 Å². The maximum Gasteiger partial charge on any atom is 0.122 e. The minimum absolute atomic E-state index is 0.832. The van der Waals surface area contributed by atoms with E-state index in [1.165, 1.54) is 16.7 Å². The zero-order valence-corrected chi connectivity index (χ0v) is 9.55. The van der Waals surface area contributed by atoms with E-state index in [1.807, 2.05) is 0 Å². The molecule has 0 amide bonds. The molecular formula is C13H16N2O. The van der Waals surface area contributed by atoms with Gasteiger partial charge in [0, 0.05) is 24.9 Å². The Balaban J connectivity index is 1.90. The maximum absolute atomic E-state index is 5.56. The fourth-order valence-corrected chi connectivity index (χ4v) is 2.43. The van der Waals surface area contributed by atoms with Crippen LogP contribution in [0.15, 0.2) is 17.1 Å². The van der Waals surface area contributed by atoms with Gasteiger partial charge in [0.1, 0.15) is 11.6 Å². The Morgan fingerprint density at radius 3 is 3.19 bits per heavy atom. The molecule has 16 heavy (non-hydrogen) atoms. The average molecular weight is 216 g/mol. The first-order valence-electron chi connectivity index (χ1n) is 5.86. The van der Waals surface area contributed by atoms with Crippen LogP contribution >= 0.6 is 0 Å². The van der Waals surface area contributed by atoms with E-state index in [-0.39, 0.29) is 0 Å². The lowest BCUT2D eigenvalue weighted by molar-refractivity contribution is 0.357. The lowest BCUT2D eigenvalue weighted by atomic mass is 9.98. The second-order valence-corrected chi connectivity index (χ2v) is 4.36. The van der Waals surface area contributed by atoms with Crippen LogP contribution in [0.25, 0.3) is 0 Å². The number of benzene rings is 1. The number of nitrogens with zero attached hydrogens (tertiary/aromatic N) is 1. The molecule has 0 bridgehead atoms. The lowest BCUT2D eigenvalue weighted by Gasteiger charge is -2.10. The van der Waals surface area contributed by atoms with E-state index in [4.69, 9.17) is 4.74 Å². The topological polar surface area (TPSA) is 33.6 Å². The number of nitrogens with one attached hydrogen (secondary N) is 1. The molecule has 0 saturated heterocycles. The van der Waals surface area contributed by atoms with Crippen LogP contribution in [0.5, 0.6) is 5.75 Å². The number of hydrogen-bond acceptors (Lipinski definition) is 3. The summed E-state index contributed by atoms with van der Waals surface area (Å²) in [5.41, 5.74) is 4.14. The van der Waals surface area contributed by atoms with Gasteiger partial charge in [-0.3, -0.25) is 4.99 Å². The van der Waals surface area contributed by atoms with Crippen LogP contribution in [0, 0.1) is 6.92 Å². The molecule has 0 saturated carbocycles. The van der Waals surface area contributed by atoms with E-state index in [2.05, 4.69) is 29.4 Å². The molecule has 0 atom stereocenters. The molecule has 3 rings (SSSR count). The smallest absolute Gasteiger partial charge is 0.122 e. The highest BCUT2D eigenvalue weighted by molar-refractivity contribution is 5.86. The van der Waals surface area contributed by atoms with Gasteiger partial charge >= 0.3 is 0 Å². The quantitative estimate of drug-likeness (QED) is 0.812. The first-order valence-corrected chi connectivity index (χ1v) is 5.86. The molecule has 84 valence electrons. The fraction of sp³-hybridized carbons (Fsp3) is 0.462. The summed E-state index contributed by atoms with van der Waals surface area (Å²) in [6.07, 6.45) is 1.98. The molecule has 0 aromatic heterocycles. The molecule has 3 heteroatoms. The standard InChI is InChI=1S/C13H16N2O/c1-9-10(8-13-14-5-6-15-13)2-3-12-11(9)4-7-16-12/h2-3H,4-8H2,1H3,(H,14,15). The molecular weight excluding hydrogens is 200 g/mol. The SMILES string of the molecule is Cc1c(CC2=NCCN2)ccc2c1CCO2. The third-order valence-corrected chi connectivity index (χ3v) is 3.38. The summed E-state index contributed by atoms with van der Waals surface area (Å²) < 4.78 is 5.56. The number of ether oxygens (including phenoxy) is 1. The van der Waals surface area contributed by atoms with Gasteiger partial charge in [0.25, 0.3) is 0 Å². The third-order valence-electron chi connectivity index (χ3n) is 3.38. The van der Waals surface area contributed by atoms with Gasteiger partial charge in [-0.1, -0.05) is 6.07 Å². The normalized spacial score (nSPS) is 17.7. The summed E-state index contributed by atoms with van der Waals surface area (Å²) in [7, 11) is 0. The molecule has 3 nitrogen and oxygen atoms in total. The fourth-order valence-electron chi connectivity index (χ4n) is 2.43. The van der Waals surface area contributed by atoms with Crippen LogP contribution in [0.2, 0.25) is 0 Å². The Labute approximate surface area is 95.5 Å². The largest absolute Gasteiger partial charge is 0.493 e. The first-order chi connectivity index (χ1) is 7.84. The summed E-state index contributed by atoms with van der Waals surface area (Å²) in [6, 6.07) is 4.27. The van der Waals surface area contributed by atoms with Crippen LogP contribution in [-0.4, -0.2) is 25.5 Å². The molecule has 0 fully saturated rings. The zero-order chi connectivity index (χ0) is 11.0. The van der Waals surface area contributed by atoms with Crippen LogP contribution in [0.4, 0.5) is 0 Å². The van der Waals surface area contributed by atoms with E-state index in [0.29, 0.717) is 0 Å². The molecule has 1 aromatic rings. The summed E-state index contributed by atoms with van der Waals surface area (Å²) in [5, 5.41) is 3.32. The van der Waals surface area contributed by atoms with Crippen molar-refractivity contribution >= 4 is 5.84 Å². The maximum atomic E-state index is 5.56. The van der Waals surface area contributed by atoms with Gasteiger partial charge in [0.15, 0.2) is 0 Å². The second-order valence-electron chi connectivity index (χ2n) is 4.36. The van der Waals surface area contributed by atoms with E-state index in [1.54, 1.807) is 0 Å². The Kier molecular flexibility index (Phi) is 2.31. The van der Waals surface area contributed by atoms with Crippen LogP contribution in [0.3, 0.4) is 0 Å².